The van der Waals surface area contributed by atoms with E-state index in [1.165, 1.54) is 0 Å². The number of nitrogens with zero attached hydrogens (tertiary/aromatic N) is 4. The number of rotatable bonds is 5. The van der Waals surface area contributed by atoms with Crippen molar-refractivity contribution >= 4 is 17.5 Å². The van der Waals surface area contributed by atoms with Gasteiger partial charge >= 0.3 is 0 Å². The first-order valence-corrected chi connectivity index (χ1v) is 8.81. The highest BCUT2D eigenvalue weighted by molar-refractivity contribution is 6.30. The van der Waals surface area contributed by atoms with Crippen molar-refractivity contribution in [1.29, 1.82) is 0 Å². The van der Waals surface area contributed by atoms with E-state index in [2.05, 4.69) is 10.00 Å². The number of ether oxygens (including phenoxy) is 1. The summed E-state index contributed by atoms with van der Waals surface area (Å²) < 4.78 is 7.47. The van der Waals surface area contributed by atoms with Crippen molar-refractivity contribution in [3.05, 3.63) is 46.7 Å². The van der Waals surface area contributed by atoms with Gasteiger partial charge in [0, 0.05) is 50.5 Å². The SMILES string of the molecule is Cc1c(C(=O)N2CCN(CCOc3ccc(Cl)cc3)CC2)cnn1C. The van der Waals surface area contributed by atoms with Crippen LogP contribution in [-0.2, 0) is 7.05 Å². The van der Waals surface area contributed by atoms with Gasteiger partial charge in [-0.1, -0.05) is 11.6 Å². The predicted octanol–water partition coefficient (Wildman–Crippen LogP) is 2.22. The van der Waals surface area contributed by atoms with Crippen LogP contribution in [0.4, 0.5) is 0 Å². The Kier molecular flexibility index (Phi) is 5.60. The molecule has 1 saturated heterocycles. The van der Waals surface area contributed by atoms with Crippen LogP contribution in [0.1, 0.15) is 16.1 Å². The number of carbonyl (C=O) groups excluding carboxylic acids is 1. The molecule has 134 valence electrons. The van der Waals surface area contributed by atoms with Gasteiger partial charge in [0.15, 0.2) is 0 Å². The van der Waals surface area contributed by atoms with Crippen molar-refractivity contribution in [3.8, 4) is 5.75 Å². The second-order valence-electron chi connectivity index (χ2n) is 6.20. The molecule has 0 atom stereocenters. The zero-order valence-corrected chi connectivity index (χ0v) is 15.4. The molecule has 1 aromatic heterocycles. The van der Waals surface area contributed by atoms with Crippen LogP contribution in [-0.4, -0.2) is 64.8 Å². The van der Waals surface area contributed by atoms with Crippen LogP contribution in [0.2, 0.25) is 5.02 Å². The topological polar surface area (TPSA) is 50.6 Å². The van der Waals surface area contributed by atoms with Crippen LogP contribution in [0.3, 0.4) is 0 Å². The summed E-state index contributed by atoms with van der Waals surface area (Å²) in [5.41, 5.74) is 1.60. The first-order chi connectivity index (χ1) is 12.0. The minimum Gasteiger partial charge on any atom is -0.492 e. The van der Waals surface area contributed by atoms with E-state index in [9.17, 15) is 4.79 Å². The number of piperazine rings is 1. The maximum Gasteiger partial charge on any atom is 0.257 e. The lowest BCUT2D eigenvalue weighted by molar-refractivity contribution is 0.0619. The summed E-state index contributed by atoms with van der Waals surface area (Å²) in [4.78, 5) is 16.8. The van der Waals surface area contributed by atoms with Crippen LogP contribution in [0.5, 0.6) is 5.75 Å². The molecule has 1 aromatic carbocycles. The van der Waals surface area contributed by atoms with Crippen molar-refractivity contribution in [2.45, 2.75) is 6.92 Å². The molecule has 2 heterocycles. The number of hydrogen-bond acceptors (Lipinski definition) is 4. The smallest absolute Gasteiger partial charge is 0.257 e. The first-order valence-electron chi connectivity index (χ1n) is 8.43. The molecule has 0 spiro atoms. The lowest BCUT2D eigenvalue weighted by Gasteiger charge is -2.34. The van der Waals surface area contributed by atoms with Crippen LogP contribution in [0.15, 0.2) is 30.5 Å². The summed E-state index contributed by atoms with van der Waals surface area (Å²) in [5.74, 6) is 0.896. The Labute approximate surface area is 152 Å². The molecule has 0 aliphatic carbocycles. The Morgan fingerprint density at radius 1 is 1.20 bits per heavy atom. The Morgan fingerprint density at radius 3 is 2.48 bits per heavy atom. The van der Waals surface area contributed by atoms with E-state index >= 15 is 0 Å². The number of aryl methyl sites for hydroxylation is 1. The minimum absolute atomic E-state index is 0.0719. The molecule has 0 radical (unpaired) electrons. The average Bonchev–Trinajstić information content (AvgIpc) is 2.96. The van der Waals surface area contributed by atoms with Crippen molar-refractivity contribution in [2.75, 3.05) is 39.3 Å². The van der Waals surface area contributed by atoms with Gasteiger partial charge in [0.25, 0.3) is 5.91 Å². The highest BCUT2D eigenvalue weighted by atomic mass is 35.5. The van der Waals surface area contributed by atoms with Crippen molar-refractivity contribution in [3.63, 3.8) is 0 Å². The maximum atomic E-state index is 12.6. The van der Waals surface area contributed by atoms with E-state index in [0.29, 0.717) is 17.2 Å². The lowest BCUT2D eigenvalue weighted by Crippen LogP contribution is -2.49. The third-order valence-electron chi connectivity index (χ3n) is 4.62. The molecule has 1 aliphatic rings. The summed E-state index contributed by atoms with van der Waals surface area (Å²) in [7, 11) is 1.85. The summed E-state index contributed by atoms with van der Waals surface area (Å²) in [5, 5.41) is 4.86. The molecule has 1 amide bonds. The standard InChI is InChI=1S/C18H23ClN4O2/c1-14-17(13-20-21(14)2)18(24)23-9-7-22(8-10-23)11-12-25-16-5-3-15(19)4-6-16/h3-6,13H,7-12H2,1-2H3. The summed E-state index contributed by atoms with van der Waals surface area (Å²) in [6, 6.07) is 7.38. The van der Waals surface area contributed by atoms with E-state index < -0.39 is 0 Å². The Morgan fingerprint density at radius 2 is 1.88 bits per heavy atom. The molecule has 25 heavy (non-hydrogen) atoms. The molecule has 1 aliphatic heterocycles. The quantitative estimate of drug-likeness (QED) is 0.818. The third kappa shape index (κ3) is 4.32. The number of halogens is 1. The first kappa shape index (κ1) is 17.8. The molecular weight excluding hydrogens is 340 g/mol. The van der Waals surface area contributed by atoms with Gasteiger partial charge in [0.1, 0.15) is 12.4 Å². The van der Waals surface area contributed by atoms with Gasteiger partial charge in [-0.15, -0.1) is 0 Å². The number of carbonyl (C=O) groups is 1. The van der Waals surface area contributed by atoms with Crippen molar-refractivity contribution in [1.82, 2.24) is 19.6 Å². The monoisotopic (exact) mass is 362 g/mol. The molecule has 6 nitrogen and oxygen atoms in total. The molecule has 0 unspecified atom stereocenters. The van der Waals surface area contributed by atoms with Gasteiger partial charge in [-0.2, -0.15) is 5.10 Å². The summed E-state index contributed by atoms with van der Waals surface area (Å²) in [6.45, 7) is 6.56. The fourth-order valence-corrected chi connectivity index (χ4v) is 3.00. The van der Waals surface area contributed by atoms with Gasteiger partial charge in [0.2, 0.25) is 0 Å². The molecule has 3 rings (SSSR count). The number of hydrogen-bond donors (Lipinski definition) is 0. The fraction of sp³-hybridized carbons (Fsp3) is 0.444. The minimum atomic E-state index is 0.0719. The van der Waals surface area contributed by atoms with Crippen molar-refractivity contribution < 1.29 is 9.53 Å². The largest absolute Gasteiger partial charge is 0.492 e. The lowest BCUT2D eigenvalue weighted by atomic mass is 10.2. The molecule has 0 N–H and O–H groups in total. The van der Waals surface area contributed by atoms with Crippen molar-refractivity contribution in [2.24, 2.45) is 7.05 Å². The molecule has 1 fully saturated rings. The predicted molar refractivity (Wildman–Crippen MR) is 97.2 cm³/mol. The molecular formula is C18H23ClN4O2. The average molecular weight is 363 g/mol. The zero-order valence-electron chi connectivity index (χ0n) is 14.6. The molecule has 7 heteroatoms. The number of aromatic nitrogens is 2. The Hall–Kier alpha value is -2.05. The van der Waals surface area contributed by atoms with Gasteiger partial charge in [-0.05, 0) is 31.2 Å². The molecule has 0 saturated carbocycles. The molecule has 0 bridgehead atoms. The second kappa shape index (κ2) is 7.89. The molecule has 2 aromatic rings. The highest BCUT2D eigenvalue weighted by Gasteiger charge is 2.24. The zero-order chi connectivity index (χ0) is 17.8. The van der Waals surface area contributed by atoms with Gasteiger partial charge in [-0.3, -0.25) is 14.4 Å². The fourth-order valence-electron chi connectivity index (χ4n) is 2.88. The van der Waals surface area contributed by atoms with E-state index in [0.717, 1.165) is 44.2 Å². The highest BCUT2D eigenvalue weighted by Crippen LogP contribution is 2.16. The van der Waals surface area contributed by atoms with Gasteiger partial charge in [0.05, 0.1) is 11.8 Å². The third-order valence-corrected chi connectivity index (χ3v) is 4.87. The summed E-state index contributed by atoms with van der Waals surface area (Å²) >= 11 is 5.86. The van der Waals surface area contributed by atoms with Crippen LogP contribution in [0, 0.1) is 6.92 Å². The van der Waals surface area contributed by atoms with E-state index in [1.54, 1.807) is 10.9 Å². The Bertz CT molecular complexity index is 721. The van der Waals surface area contributed by atoms with Gasteiger partial charge in [-0.25, -0.2) is 0 Å². The maximum absolute atomic E-state index is 12.6. The number of benzene rings is 1. The summed E-state index contributed by atoms with van der Waals surface area (Å²) in [6.07, 6.45) is 1.66. The van der Waals surface area contributed by atoms with Crippen LogP contribution in [0.25, 0.3) is 0 Å². The Balaban J connectivity index is 1.43. The van der Waals surface area contributed by atoms with E-state index in [4.69, 9.17) is 16.3 Å². The van der Waals surface area contributed by atoms with E-state index in [1.807, 2.05) is 43.1 Å². The van der Waals surface area contributed by atoms with E-state index in [-0.39, 0.29) is 5.91 Å². The van der Waals surface area contributed by atoms with Gasteiger partial charge < -0.3 is 9.64 Å². The second-order valence-corrected chi connectivity index (χ2v) is 6.64. The van der Waals surface area contributed by atoms with Crippen LogP contribution >= 0.6 is 11.6 Å². The number of amides is 1. The van der Waals surface area contributed by atoms with Crippen LogP contribution < -0.4 is 4.74 Å². The normalized spacial score (nSPS) is 15.4.